The van der Waals surface area contributed by atoms with Gasteiger partial charge in [-0.25, -0.2) is 0 Å². The standard InChI is InChI=1S/C25H32N4O2S/c1-3-8-29-22(12-17-4-6-21(31-2)7-5-17)27-28-24(29)32-16-23(30)26-25-13-18-9-19(14-25)11-20(10-18)15-25/h3-7,18-20H,1,8-16H2,2H3,(H,26,30). The summed E-state index contributed by atoms with van der Waals surface area (Å²) in [6.07, 6.45) is 10.2. The zero-order chi connectivity index (χ0) is 22.1. The van der Waals surface area contributed by atoms with Crippen LogP contribution in [0.1, 0.15) is 49.9 Å². The number of rotatable bonds is 9. The molecule has 0 spiro atoms. The lowest BCUT2D eigenvalue weighted by Crippen LogP contribution is -2.60. The third-order valence-corrected chi connectivity index (χ3v) is 8.37. The van der Waals surface area contributed by atoms with Crippen LogP contribution in [0.25, 0.3) is 0 Å². The van der Waals surface area contributed by atoms with Gasteiger partial charge in [0.25, 0.3) is 0 Å². The molecular weight excluding hydrogens is 420 g/mol. The van der Waals surface area contributed by atoms with E-state index in [1.54, 1.807) is 7.11 Å². The minimum absolute atomic E-state index is 0.0563. The van der Waals surface area contributed by atoms with Gasteiger partial charge in [-0.3, -0.25) is 4.79 Å². The minimum atomic E-state index is 0.0563. The van der Waals surface area contributed by atoms with E-state index in [2.05, 4.69) is 26.7 Å². The Kier molecular flexibility index (Phi) is 6.01. The molecule has 1 N–H and O–H groups in total. The molecule has 4 fully saturated rings. The van der Waals surface area contributed by atoms with Crippen LogP contribution in [0.5, 0.6) is 5.75 Å². The Labute approximate surface area is 194 Å². The number of methoxy groups -OCH3 is 1. The van der Waals surface area contributed by atoms with Crippen LogP contribution in [0.3, 0.4) is 0 Å². The predicted octanol–water partition coefficient (Wildman–Crippen LogP) is 4.24. The van der Waals surface area contributed by atoms with Gasteiger partial charge in [0.2, 0.25) is 5.91 Å². The fourth-order valence-corrected chi connectivity index (χ4v) is 7.29. The highest BCUT2D eigenvalue weighted by molar-refractivity contribution is 7.99. The number of allylic oxidation sites excluding steroid dienone is 1. The number of benzene rings is 1. The van der Waals surface area contributed by atoms with Crippen molar-refractivity contribution in [3.8, 4) is 5.75 Å². The molecule has 6 rings (SSSR count). The molecule has 170 valence electrons. The summed E-state index contributed by atoms with van der Waals surface area (Å²) in [5.41, 5.74) is 1.19. The van der Waals surface area contributed by atoms with Crippen molar-refractivity contribution < 1.29 is 9.53 Å². The number of aromatic nitrogens is 3. The van der Waals surface area contributed by atoms with E-state index in [0.717, 1.165) is 40.0 Å². The fraction of sp³-hybridized carbons (Fsp3) is 0.560. The number of carbonyl (C=O) groups is 1. The first-order valence-electron chi connectivity index (χ1n) is 11.7. The molecule has 0 unspecified atom stereocenters. The smallest absolute Gasteiger partial charge is 0.230 e. The van der Waals surface area contributed by atoms with Crippen molar-refractivity contribution in [3.63, 3.8) is 0 Å². The molecule has 4 aliphatic rings. The Balaban J connectivity index is 1.22. The maximum atomic E-state index is 12.9. The maximum absolute atomic E-state index is 12.9. The van der Waals surface area contributed by atoms with Crippen LogP contribution in [0.4, 0.5) is 0 Å². The van der Waals surface area contributed by atoms with Crippen LogP contribution in [0.15, 0.2) is 42.1 Å². The monoisotopic (exact) mass is 452 g/mol. The Hall–Kier alpha value is -2.28. The number of ether oxygens (including phenoxy) is 1. The molecule has 4 saturated carbocycles. The molecule has 4 aliphatic carbocycles. The summed E-state index contributed by atoms with van der Waals surface area (Å²) in [6.45, 7) is 4.51. The second-order valence-electron chi connectivity index (χ2n) is 9.86. The predicted molar refractivity (Wildman–Crippen MR) is 126 cm³/mol. The van der Waals surface area contributed by atoms with Gasteiger partial charge in [0, 0.05) is 18.5 Å². The summed E-state index contributed by atoms with van der Waals surface area (Å²) in [5, 5.41) is 13.0. The molecule has 0 aliphatic heterocycles. The first-order valence-corrected chi connectivity index (χ1v) is 12.6. The van der Waals surface area contributed by atoms with Gasteiger partial charge in [-0.2, -0.15) is 0 Å². The van der Waals surface area contributed by atoms with Gasteiger partial charge in [-0.1, -0.05) is 30.0 Å². The molecule has 1 heterocycles. The lowest BCUT2D eigenvalue weighted by atomic mass is 9.53. The van der Waals surface area contributed by atoms with Crippen LogP contribution in [0.2, 0.25) is 0 Å². The molecule has 2 aromatic rings. The molecule has 1 aromatic carbocycles. The number of thioether (sulfide) groups is 1. The molecular formula is C25H32N4O2S. The molecule has 0 atom stereocenters. The van der Waals surface area contributed by atoms with E-state index in [-0.39, 0.29) is 11.4 Å². The van der Waals surface area contributed by atoms with Crippen LogP contribution in [-0.2, 0) is 17.8 Å². The van der Waals surface area contributed by atoms with Crippen molar-refractivity contribution in [2.75, 3.05) is 12.9 Å². The van der Waals surface area contributed by atoms with E-state index in [0.29, 0.717) is 18.7 Å². The first kappa shape index (κ1) is 21.6. The average molecular weight is 453 g/mol. The van der Waals surface area contributed by atoms with E-state index >= 15 is 0 Å². The number of amides is 1. The minimum Gasteiger partial charge on any atom is -0.497 e. The second-order valence-corrected chi connectivity index (χ2v) is 10.8. The molecule has 6 nitrogen and oxygen atoms in total. The number of carbonyl (C=O) groups excluding carboxylic acids is 1. The van der Waals surface area contributed by atoms with Gasteiger partial charge in [0.15, 0.2) is 5.16 Å². The first-order chi connectivity index (χ1) is 15.6. The highest BCUT2D eigenvalue weighted by Gasteiger charge is 2.51. The average Bonchev–Trinajstić information content (AvgIpc) is 3.13. The van der Waals surface area contributed by atoms with Crippen molar-refractivity contribution in [1.82, 2.24) is 20.1 Å². The van der Waals surface area contributed by atoms with Gasteiger partial charge in [0.1, 0.15) is 11.6 Å². The zero-order valence-corrected chi connectivity index (χ0v) is 19.6. The largest absolute Gasteiger partial charge is 0.497 e. The van der Waals surface area contributed by atoms with E-state index in [1.807, 2.05) is 30.3 Å². The van der Waals surface area contributed by atoms with Crippen molar-refractivity contribution in [3.05, 3.63) is 48.3 Å². The Morgan fingerprint density at radius 3 is 2.44 bits per heavy atom. The number of hydrogen-bond acceptors (Lipinski definition) is 5. The normalized spacial score (nSPS) is 28.0. The van der Waals surface area contributed by atoms with Crippen LogP contribution in [0, 0.1) is 17.8 Å². The SMILES string of the molecule is C=CCn1c(Cc2ccc(OC)cc2)nnc1SCC(=O)NC12CC3CC(CC(C3)C1)C2. The molecule has 7 heteroatoms. The van der Waals surface area contributed by atoms with Crippen molar-refractivity contribution >= 4 is 17.7 Å². The Bertz CT molecular complexity index is 949. The molecule has 0 saturated heterocycles. The van der Waals surface area contributed by atoms with Gasteiger partial charge in [-0.15, -0.1) is 16.8 Å². The van der Waals surface area contributed by atoms with Crippen molar-refractivity contribution in [2.24, 2.45) is 17.8 Å². The third kappa shape index (κ3) is 4.45. The van der Waals surface area contributed by atoms with Gasteiger partial charge in [-0.05, 0) is 74.0 Å². The molecule has 1 amide bonds. The zero-order valence-electron chi connectivity index (χ0n) is 18.8. The maximum Gasteiger partial charge on any atom is 0.230 e. The van der Waals surface area contributed by atoms with E-state index in [9.17, 15) is 4.79 Å². The van der Waals surface area contributed by atoms with Crippen LogP contribution >= 0.6 is 11.8 Å². The summed E-state index contributed by atoms with van der Waals surface area (Å²) in [5.74, 6) is 4.68. The molecule has 0 radical (unpaired) electrons. The molecule has 4 bridgehead atoms. The fourth-order valence-electron chi connectivity index (χ4n) is 6.52. The summed E-state index contributed by atoms with van der Waals surface area (Å²) in [4.78, 5) is 12.9. The van der Waals surface area contributed by atoms with E-state index in [4.69, 9.17) is 4.74 Å². The Morgan fingerprint density at radius 1 is 1.19 bits per heavy atom. The lowest BCUT2D eigenvalue weighted by Gasteiger charge is -2.56. The summed E-state index contributed by atoms with van der Waals surface area (Å²) >= 11 is 1.47. The number of nitrogens with zero attached hydrogens (tertiary/aromatic N) is 3. The van der Waals surface area contributed by atoms with Crippen LogP contribution < -0.4 is 10.1 Å². The van der Waals surface area contributed by atoms with Gasteiger partial charge in [0.05, 0.1) is 12.9 Å². The second kappa shape index (κ2) is 8.93. The van der Waals surface area contributed by atoms with Crippen molar-refractivity contribution in [1.29, 1.82) is 0 Å². The Morgan fingerprint density at radius 2 is 1.84 bits per heavy atom. The van der Waals surface area contributed by atoms with E-state index in [1.165, 1.54) is 50.3 Å². The van der Waals surface area contributed by atoms with Crippen molar-refractivity contribution in [2.45, 2.75) is 62.2 Å². The van der Waals surface area contributed by atoms with E-state index < -0.39 is 0 Å². The van der Waals surface area contributed by atoms with Gasteiger partial charge < -0.3 is 14.6 Å². The summed E-state index contributed by atoms with van der Waals surface area (Å²) in [6, 6.07) is 7.98. The highest BCUT2D eigenvalue weighted by Crippen LogP contribution is 2.55. The topological polar surface area (TPSA) is 69.0 Å². The number of hydrogen-bond donors (Lipinski definition) is 1. The highest BCUT2D eigenvalue weighted by atomic mass is 32.2. The van der Waals surface area contributed by atoms with Crippen LogP contribution in [-0.4, -0.2) is 39.1 Å². The van der Waals surface area contributed by atoms with Gasteiger partial charge >= 0.3 is 0 Å². The molecule has 1 aromatic heterocycles. The third-order valence-electron chi connectivity index (χ3n) is 7.40. The summed E-state index contributed by atoms with van der Waals surface area (Å²) in [7, 11) is 1.67. The quantitative estimate of drug-likeness (QED) is 0.455. The summed E-state index contributed by atoms with van der Waals surface area (Å²) < 4.78 is 7.30. The molecule has 32 heavy (non-hydrogen) atoms. The lowest BCUT2D eigenvalue weighted by molar-refractivity contribution is -0.124. The number of nitrogens with one attached hydrogen (secondary N) is 1.